The molecule has 4 rings (SSSR count). The molecule has 1 atom stereocenters. The van der Waals surface area contributed by atoms with Crippen molar-refractivity contribution in [2.45, 2.75) is 39.0 Å². The first-order valence-electron chi connectivity index (χ1n) is 11.7. The van der Waals surface area contributed by atoms with Crippen LogP contribution >= 0.6 is 11.3 Å². The number of primary amides is 1. The van der Waals surface area contributed by atoms with E-state index >= 15 is 0 Å². The van der Waals surface area contributed by atoms with E-state index in [2.05, 4.69) is 10.2 Å². The highest BCUT2D eigenvalue weighted by Gasteiger charge is 2.27. The van der Waals surface area contributed by atoms with Gasteiger partial charge in [0.2, 0.25) is 0 Å². The number of carbonyl (C=O) groups excluding carboxylic acids is 1. The first-order valence-corrected chi connectivity index (χ1v) is 12.5. The molecule has 3 aromatic rings. The second-order valence-corrected chi connectivity index (χ2v) is 10.6. The van der Waals surface area contributed by atoms with Crippen molar-refractivity contribution in [2.75, 3.05) is 25.0 Å². The van der Waals surface area contributed by atoms with Crippen molar-refractivity contribution in [1.29, 1.82) is 0 Å². The molecule has 190 valence electrons. The first kappa shape index (κ1) is 25.6. The van der Waals surface area contributed by atoms with Crippen LogP contribution < -0.4 is 11.1 Å². The standard InChI is InChI=1S/C26H31N5O4S/c1-16-14-30(11-12-31(16)25(33)34)15-19-5-4-6-22(28-19)29-24-20(23(27)32)13-21(36-24)17-7-9-18(10-8-17)26(2,3)35/h4-10,13,16,35H,11-12,14-15H2,1-3H3,(H2,27,32)(H,28,29)(H,33,34). The van der Waals surface area contributed by atoms with E-state index in [1.807, 2.05) is 49.4 Å². The maximum absolute atomic E-state index is 12.2. The quantitative estimate of drug-likeness (QED) is 0.378. The summed E-state index contributed by atoms with van der Waals surface area (Å²) in [5.74, 6) is 0.0625. The average molecular weight is 510 g/mol. The monoisotopic (exact) mass is 509 g/mol. The van der Waals surface area contributed by atoms with Gasteiger partial charge >= 0.3 is 6.09 Å². The molecular formula is C26H31N5O4S. The van der Waals surface area contributed by atoms with Gasteiger partial charge in [-0.25, -0.2) is 9.78 Å². The summed E-state index contributed by atoms with van der Waals surface area (Å²) < 4.78 is 0. The number of rotatable bonds is 7. The topological polar surface area (TPSA) is 132 Å². The fourth-order valence-electron chi connectivity index (χ4n) is 4.30. The second-order valence-electron chi connectivity index (χ2n) is 9.55. The third-order valence-electron chi connectivity index (χ3n) is 6.26. The summed E-state index contributed by atoms with van der Waals surface area (Å²) in [6.07, 6.45) is -0.889. The smallest absolute Gasteiger partial charge is 0.407 e. The van der Waals surface area contributed by atoms with Crippen LogP contribution in [-0.2, 0) is 12.1 Å². The summed E-state index contributed by atoms with van der Waals surface area (Å²) in [6, 6.07) is 14.9. The number of aromatic nitrogens is 1. The second kappa shape index (κ2) is 10.3. The van der Waals surface area contributed by atoms with Crippen molar-refractivity contribution in [2.24, 2.45) is 5.73 Å². The van der Waals surface area contributed by atoms with E-state index in [4.69, 9.17) is 10.7 Å². The number of hydrogen-bond acceptors (Lipinski definition) is 7. The number of hydrogen-bond donors (Lipinski definition) is 4. The lowest BCUT2D eigenvalue weighted by Gasteiger charge is -2.38. The zero-order valence-corrected chi connectivity index (χ0v) is 21.4. The lowest BCUT2D eigenvalue weighted by molar-refractivity contribution is 0.0706. The maximum Gasteiger partial charge on any atom is 0.407 e. The number of amides is 2. The van der Waals surface area contributed by atoms with Crippen LogP contribution in [0.25, 0.3) is 10.4 Å². The molecule has 1 aliphatic heterocycles. The van der Waals surface area contributed by atoms with Crippen molar-refractivity contribution in [3.63, 3.8) is 0 Å². The molecule has 36 heavy (non-hydrogen) atoms. The zero-order chi connectivity index (χ0) is 26.0. The molecule has 1 saturated heterocycles. The normalized spacial score (nSPS) is 16.7. The predicted molar refractivity (Wildman–Crippen MR) is 141 cm³/mol. The van der Waals surface area contributed by atoms with Gasteiger partial charge in [-0.15, -0.1) is 11.3 Å². The summed E-state index contributed by atoms with van der Waals surface area (Å²) in [4.78, 5) is 32.7. The molecular weight excluding hydrogens is 478 g/mol. The first-order chi connectivity index (χ1) is 17.0. The molecule has 2 aromatic heterocycles. The van der Waals surface area contributed by atoms with Gasteiger partial charge < -0.3 is 26.2 Å². The number of carbonyl (C=O) groups is 2. The summed E-state index contributed by atoms with van der Waals surface area (Å²) in [7, 11) is 0. The molecule has 5 N–H and O–H groups in total. The number of nitrogens with zero attached hydrogens (tertiary/aromatic N) is 3. The highest BCUT2D eigenvalue weighted by Crippen LogP contribution is 2.37. The highest BCUT2D eigenvalue weighted by atomic mass is 32.1. The fraction of sp³-hybridized carbons (Fsp3) is 0.346. The van der Waals surface area contributed by atoms with E-state index in [-0.39, 0.29) is 6.04 Å². The average Bonchev–Trinajstić information content (AvgIpc) is 3.23. The predicted octanol–water partition coefficient (Wildman–Crippen LogP) is 4.06. The van der Waals surface area contributed by atoms with Gasteiger partial charge in [0.15, 0.2) is 0 Å². The Bertz CT molecular complexity index is 1250. The van der Waals surface area contributed by atoms with Crippen LogP contribution in [0.3, 0.4) is 0 Å². The Labute approximate surface area is 214 Å². The largest absolute Gasteiger partial charge is 0.465 e. The molecule has 1 aliphatic rings. The minimum Gasteiger partial charge on any atom is -0.465 e. The maximum atomic E-state index is 12.2. The van der Waals surface area contributed by atoms with Crippen LogP contribution in [0.5, 0.6) is 0 Å². The van der Waals surface area contributed by atoms with Crippen molar-refractivity contribution in [3.8, 4) is 10.4 Å². The van der Waals surface area contributed by atoms with E-state index in [1.54, 1.807) is 19.9 Å². The number of nitrogens with one attached hydrogen (secondary N) is 1. The fourth-order valence-corrected chi connectivity index (χ4v) is 5.37. The van der Waals surface area contributed by atoms with Crippen LogP contribution in [0.4, 0.5) is 15.6 Å². The Kier molecular flexibility index (Phi) is 7.30. The van der Waals surface area contributed by atoms with Gasteiger partial charge in [0.05, 0.1) is 16.9 Å². The van der Waals surface area contributed by atoms with Crippen LogP contribution in [0, 0.1) is 0 Å². The number of carboxylic acid groups (broad SMARTS) is 1. The molecule has 9 nitrogen and oxygen atoms in total. The van der Waals surface area contributed by atoms with Crippen LogP contribution in [0.1, 0.15) is 42.4 Å². The van der Waals surface area contributed by atoms with Gasteiger partial charge in [0.25, 0.3) is 5.91 Å². The third-order valence-corrected chi connectivity index (χ3v) is 7.36. The van der Waals surface area contributed by atoms with Gasteiger partial charge in [-0.2, -0.15) is 0 Å². The Balaban J connectivity index is 1.50. The van der Waals surface area contributed by atoms with Crippen LogP contribution in [0.2, 0.25) is 0 Å². The Morgan fingerprint density at radius 2 is 1.92 bits per heavy atom. The summed E-state index contributed by atoms with van der Waals surface area (Å²) in [5.41, 5.74) is 7.67. The summed E-state index contributed by atoms with van der Waals surface area (Å²) in [6.45, 7) is 7.71. The molecule has 1 aromatic carbocycles. The lowest BCUT2D eigenvalue weighted by atomic mass is 9.97. The Morgan fingerprint density at radius 3 is 2.53 bits per heavy atom. The van der Waals surface area contributed by atoms with E-state index < -0.39 is 17.6 Å². The van der Waals surface area contributed by atoms with E-state index in [0.717, 1.165) is 21.7 Å². The summed E-state index contributed by atoms with van der Waals surface area (Å²) in [5, 5.41) is 23.3. The van der Waals surface area contributed by atoms with Crippen molar-refractivity contribution >= 4 is 34.2 Å². The number of pyridine rings is 1. The molecule has 1 fully saturated rings. The molecule has 0 spiro atoms. The van der Waals surface area contributed by atoms with E-state index in [0.29, 0.717) is 42.6 Å². The number of nitrogens with two attached hydrogens (primary N) is 1. The van der Waals surface area contributed by atoms with Crippen molar-refractivity contribution in [3.05, 3.63) is 65.4 Å². The van der Waals surface area contributed by atoms with Gasteiger partial charge in [-0.05, 0) is 50.1 Å². The minimum absolute atomic E-state index is 0.0854. The molecule has 0 bridgehead atoms. The van der Waals surface area contributed by atoms with E-state index in [9.17, 15) is 19.8 Å². The molecule has 3 heterocycles. The van der Waals surface area contributed by atoms with E-state index in [1.165, 1.54) is 16.2 Å². The van der Waals surface area contributed by atoms with Crippen molar-refractivity contribution in [1.82, 2.24) is 14.8 Å². The molecule has 10 heteroatoms. The van der Waals surface area contributed by atoms with Crippen LogP contribution in [0.15, 0.2) is 48.5 Å². The SMILES string of the molecule is CC1CN(Cc2cccc(Nc3sc(-c4ccc(C(C)(C)O)cc4)cc3C(N)=O)n2)CCN1C(=O)O. The number of piperazine rings is 1. The highest BCUT2D eigenvalue weighted by molar-refractivity contribution is 7.19. The lowest BCUT2D eigenvalue weighted by Crippen LogP contribution is -2.53. The molecule has 0 saturated carbocycles. The minimum atomic E-state index is -0.933. The van der Waals surface area contributed by atoms with Gasteiger partial charge in [0.1, 0.15) is 10.8 Å². The Hall–Kier alpha value is -3.47. The molecule has 0 radical (unpaired) electrons. The van der Waals surface area contributed by atoms with Crippen molar-refractivity contribution < 1.29 is 19.8 Å². The van der Waals surface area contributed by atoms with Crippen LogP contribution in [-0.4, -0.2) is 62.7 Å². The number of thiophene rings is 1. The van der Waals surface area contributed by atoms with Gasteiger partial charge in [-0.1, -0.05) is 30.3 Å². The molecule has 2 amide bonds. The number of aliphatic hydroxyl groups is 1. The van der Waals surface area contributed by atoms with Gasteiger partial charge in [-0.3, -0.25) is 9.69 Å². The summed E-state index contributed by atoms with van der Waals surface area (Å²) >= 11 is 1.41. The molecule has 0 aliphatic carbocycles. The zero-order valence-electron chi connectivity index (χ0n) is 20.6. The Morgan fingerprint density at radius 1 is 1.19 bits per heavy atom. The van der Waals surface area contributed by atoms with Gasteiger partial charge in [0, 0.05) is 37.1 Å². The number of benzene rings is 1. The third kappa shape index (κ3) is 5.84. The molecule has 1 unspecified atom stereocenters. The number of anilines is 2.